The van der Waals surface area contributed by atoms with Gasteiger partial charge in [-0.05, 0) is 80.8 Å². The van der Waals surface area contributed by atoms with Crippen LogP contribution in [0.4, 0.5) is 0 Å². The molecule has 0 spiro atoms. The van der Waals surface area contributed by atoms with Crippen molar-refractivity contribution in [3.05, 3.63) is 95.1 Å². The van der Waals surface area contributed by atoms with Crippen LogP contribution < -0.4 is 9.47 Å². The van der Waals surface area contributed by atoms with Gasteiger partial charge in [0.25, 0.3) is 5.91 Å². The minimum atomic E-state index is -0.993. The summed E-state index contributed by atoms with van der Waals surface area (Å²) in [6.45, 7) is 11.9. The van der Waals surface area contributed by atoms with Crippen LogP contribution in [0.5, 0.6) is 11.5 Å². The molecule has 3 aromatic rings. The molecule has 1 aliphatic rings. The summed E-state index contributed by atoms with van der Waals surface area (Å²) in [5.74, 6) is 0.420. The van der Waals surface area contributed by atoms with E-state index in [1.807, 2.05) is 55.1 Å². The van der Waals surface area contributed by atoms with Gasteiger partial charge < -0.3 is 19.5 Å². The second-order valence-corrected chi connectivity index (χ2v) is 10.9. The number of nitrogens with zero attached hydrogens (tertiary/aromatic N) is 3. The fourth-order valence-electron chi connectivity index (χ4n) is 5.84. The highest BCUT2D eigenvalue weighted by Gasteiger charge is 2.35. The first-order valence-corrected chi connectivity index (χ1v) is 14.7. The molecule has 42 heavy (non-hydrogen) atoms. The van der Waals surface area contributed by atoms with Crippen LogP contribution in [-0.2, 0) is 11.3 Å². The predicted molar refractivity (Wildman–Crippen MR) is 164 cm³/mol. The summed E-state index contributed by atoms with van der Waals surface area (Å²) < 4.78 is 11.0. The average molecular weight is 574 g/mol. The van der Waals surface area contributed by atoms with Gasteiger partial charge in [0.15, 0.2) is 6.61 Å². The van der Waals surface area contributed by atoms with Crippen molar-refractivity contribution < 1.29 is 24.2 Å². The molecular weight excluding hydrogens is 530 g/mol. The Kier molecular flexibility index (Phi) is 10.6. The van der Waals surface area contributed by atoms with Gasteiger partial charge >= 0.3 is 5.97 Å². The van der Waals surface area contributed by atoms with Gasteiger partial charge in [0, 0.05) is 50.4 Å². The standard InChI is InChI=1S/C34H43N3O5/c1-6-35(7-2)34(40)29-14-9-12-27(18-29)33(28-13-10-15-30(19-28)41-5)37-21-24(3)36(20-25(37)4)22-26-11-8-16-31(17-26)42-23-32(38)39/h8-19,24-25,33H,6-7,20-23H2,1-5H3,(H,38,39)/t24-,25+,33+/m1/s1. The smallest absolute Gasteiger partial charge is 0.341 e. The lowest BCUT2D eigenvalue weighted by Gasteiger charge is -2.48. The molecule has 1 aliphatic heterocycles. The Balaban J connectivity index is 1.61. The summed E-state index contributed by atoms with van der Waals surface area (Å²) in [5, 5.41) is 8.96. The van der Waals surface area contributed by atoms with Gasteiger partial charge in [-0.2, -0.15) is 0 Å². The normalized spacial score (nSPS) is 18.3. The highest BCUT2D eigenvalue weighted by molar-refractivity contribution is 5.94. The van der Waals surface area contributed by atoms with Crippen molar-refractivity contribution in [2.75, 3.05) is 39.9 Å². The van der Waals surface area contributed by atoms with Crippen molar-refractivity contribution in [3.8, 4) is 11.5 Å². The number of hydrogen-bond acceptors (Lipinski definition) is 6. The SMILES string of the molecule is CCN(CC)C(=O)c1cccc([C@@H](c2cccc(OC)c2)N2C[C@@H](C)N(Cc3cccc(OCC(=O)O)c3)C[C@@H]2C)c1. The van der Waals surface area contributed by atoms with Crippen LogP contribution in [-0.4, -0.2) is 83.7 Å². The molecule has 8 heteroatoms. The van der Waals surface area contributed by atoms with Gasteiger partial charge in [-0.3, -0.25) is 14.6 Å². The third kappa shape index (κ3) is 7.49. The molecule has 224 valence electrons. The Bertz CT molecular complexity index is 1360. The van der Waals surface area contributed by atoms with Crippen molar-refractivity contribution in [1.29, 1.82) is 0 Å². The third-order valence-electron chi connectivity index (χ3n) is 8.05. The second-order valence-electron chi connectivity index (χ2n) is 10.9. The van der Waals surface area contributed by atoms with Crippen LogP contribution in [0.1, 0.15) is 60.8 Å². The number of piperazine rings is 1. The lowest BCUT2D eigenvalue weighted by Crippen LogP contribution is -2.56. The highest BCUT2D eigenvalue weighted by Crippen LogP contribution is 2.35. The first kappa shape index (κ1) is 31.1. The van der Waals surface area contributed by atoms with E-state index in [1.54, 1.807) is 13.2 Å². The van der Waals surface area contributed by atoms with Crippen molar-refractivity contribution in [1.82, 2.24) is 14.7 Å². The van der Waals surface area contributed by atoms with Gasteiger partial charge in [-0.25, -0.2) is 4.79 Å². The topological polar surface area (TPSA) is 82.5 Å². The van der Waals surface area contributed by atoms with Gasteiger partial charge in [0.2, 0.25) is 0 Å². The maximum atomic E-state index is 13.3. The zero-order valence-corrected chi connectivity index (χ0v) is 25.3. The molecule has 0 saturated carbocycles. The summed E-state index contributed by atoms with van der Waals surface area (Å²) >= 11 is 0. The van der Waals surface area contributed by atoms with Crippen LogP contribution in [0, 0.1) is 0 Å². The Morgan fingerprint density at radius 1 is 0.905 bits per heavy atom. The van der Waals surface area contributed by atoms with Crippen molar-refractivity contribution in [2.45, 2.75) is 52.4 Å². The van der Waals surface area contributed by atoms with Crippen LogP contribution >= 0.6 is 0 Å². The molecule has 0 bridgehead atoms. The molecule has 3 atom stereocenters. The van der Waals surface area contributed by atoms with Crippen molar-refractivity contribution >= 4 is 11.9 Å². The lowest BCUT2D eigenvalue weighted by molar-refractivity contribution is -0.139. The maximum Gasteiger partial charge on any atom is 0.341 e. The number of amides is 1. The fourth-order valence-corrected chi connectivity index (χ4v) is 5.84. The molecular formula is C34H43N3O5. The highest BCUT2D eigenvalue weighted by atomic mass is 16.5. The summed E-state index contributed by atoms with van der Waals surface area (Å²) in [4.78, 5) is 31.0. The lowest BCUT2D eigenvalue weighted by atomic mass is 9.92. The van der Waals surface area contributed by atoms with E-state index in [1.165, 1.54) is 0 Å². The number of carbonyl (C=O) groups is 2. The van der Waals surface area contributed by atoms with Gasteiger partial charge in [-0.15, -0.1) is 0 Å². The molecule has 0 aromatic heterocycles. The maximum absolute atomic E-state index is 13.3. The van der Waals surface area contributed by atoms with E-state index >= 15 is 0 Å². The first-order chi connectivity index (χ1) is 20.2. The molecule has 0 radical (unpaired) electrons. The number of benzene rings is 3. The number of methoxy groups -OCH3 is 1. The molecule has 1 amide bonds. The van der Waals surface area contributed by atoms with E-state index < -0.39 is 5.97 Å². The van der Waals surface area contributed by atoms with Crippen LogP contribution in [0.25, 0.3) is 0 Å². The number of rotatable bonds is 12. The molecule has 1 saturated heterocycles. The van der Waals surface area contributed by atoms with Gasteiger partial charge in [0.1, 0.15) is 11.5 Å². The average Bonchev–Trinajstić information content (AvgIpc) is 2.99. The molecule has 1 heterocycles. The Morgan fingerprint density at radius 2 is 1.57 bits per heavy atom. The predicted octanol–water partition coefficient (Wildman–Crippen LogP) is 5.32. The van der Waals surface area contributed by atoms with E-state index in [2.05, 4.69) is 54.0 Å². The fraction of sp³-hybridized carbons (Fsp3) is 0.412. The molecule has 1 N–H and O–H groups in total. The first-order valence-electron chi connectivity index (χ1n) is 14.7. The zero-order chi connectivity index (χ0) is 30.2. The van der Waals surface area contributed by atoms with Gasteiger partial charge in [-0.1, -0.05) is 36.4 Å². The third-order valence-corrected chi connectivity index (χ3v) is 8.05. The summed E-state index contributed by atoms with van der Waals surface area (Å²) in [6, 6.07) is 24.3. The molecule has 0 aliphatic carbocycles. The summed E-state index contributed by atoms with van der Waals surface area (Å²) in [6.07, 6.45) is 0. The van der Waals surface area contributed by atoms with E-state index in [0.29, 0.717) is 24.4 Å². The minimum absolute atomic E-state index is 0.0482. The summed E-state index contributed by atoms with van der Waals surface area (Å²) in [5.41, 5.74) is 3.99. The molecule has 4 rings (SSSR count). The van der Waals surface area contributed by atoms with Crippen molar-refractivity contribution in [3.63, 3.8) is 0 Å². The van der Waals surface area contributed by atoms with E-state index in [9.17, 15) is 9.59 Å². The zero-order valence-electron chi connectivity index (χ0n) is 25.3. The number of aliphatic carboxylic acids is 1. The monoisotopic (exact) mass is 573 g/mol. The number of carboxylic acid groups (broad SMARTS) is 1. The molecule has 0 unspecified atom stereocenters. The van der Waals surface area contributed by atoms with E-state index in [4.69, 9.17) is 14.6 Å². The quantitative estimate of drug-likeness (QED) is 0.314. The molecule has 8 nitrogen and oxygen atoms in total. The van der Waals surface area contributed by atoms with Crippen LogP contribution in [0.15, 0.2) is 72.8 Å². The number of hydrogen-bond donors (Lipinski definition) is 1. The number of carbonyl (C=O) groups excluding carboxylic acids is 1. The number of carboxylic acids is 1. The minimum Gasteiger partial charge on any atom is -0.497 e. The molecule has 1 fully saturated rings. The Hall–Kier alpha value is -3.88. The van der Waals surface area contributed by atoms with E-state index in [-0.39, 0.29) is 30.6 Å². The Morgan fingerprint density at radius 3 is 2.26 bits per heavy atom. The molecule has 3 aromatic carbocycles. The second kappa shape index (κ2) is 14.3. The van der Waals surface area contributed by atoms with E-state index in [0.717, 1.165) is 42.1 Å². The number of ether oxygens (including phenoxy) is 2. The van der Waals surface area contributed by atoms with Gasteiger partial charge in [0.05, 0.1) is 13.2 Å². The van der Waals surface area contributed by atoms with Crippen LogP contribution in [0.2, 0.25) is 0 Å². The summed E-state index contributed by atoms with van der Waals surface area (Å²) in [7, 11) is 1.68. The largest absolute Gasteiger partial charge is 0.497 e. The Labute approximate surface area is 249 Å². The van der Waals surface area contributed by atoms with Crippen molar-refractivity contribution in [2.24, 2.45) is 0 Å². The van der Waals surface area contributed by atoms with Crippen LogP contribution in [0.3, 0.4) is 0 Å².